The number of aromatic nitrogens is 6. The van der Waals surface area contributed by atoms with Crippen molar-refractivity contribution >= 4 is 27.9 Å². The van der Waals surface area contributed by atoms with E-state index in [4.69, 9.17) is 5.26 Å². The summed E-state index contributed by atoms with van der Waals surface area (Å²) < 4.78 is 3.90. The Balaban J connectivity index is 1.40. The van der Waals surface area contributed by atoms with Crippen LogP contribution in [0.5, 0.6) is 0 Å². The van der Waals surface area contributed by atoms with Gasteiger partial charge in [-0.1, -0.05) is 12.1 Å². The van der Waals surface area contributed by atoms with E-state index < -0.39 is 0 Å². The first-order valence-corrected chi connectivity index (χ1v) is 8.54. The van der Waals surface area contributed by atoms with Gasteiger partial charge in [0.1, 0.15) is 12.1 Å². The first-order valence-electron chi connectivity index (χ1n) is 8.54. The zero-order valence-electron chi connectivity index (χ0n) is 14.2. The minimum atomic E-state index is 0.405. The molecule has 3 aromatic heterocycles. The second-order valence-corrected chi connectivity index (χ2v) is 5.94. The third-order valence-corrected chi connectivity index (χ3v) is 4.26. The number of nitriles is 1. The zero-order valence-corrected chi connectivity index (χ0v) is 14.2. The smallest absolute Gasteiger partial charge is 0.163 e. The summed E-state index contributed by atoms with van der Waals surface area (Å²) in [4.78, 5) is 13.0. The number of nitrogens with zero attached hydrogens (tertiary/aromatic N) is 7. The summed E-state index contributed by atoms with van der Waals surface area (Å²) in [6, 6.07) is 10.3. The molecule has 8 nitrogen and oxygen atoms in total. The van der Waals surface area contributed by atoms with Crippen molar-refractivity contribution in [3.05, 3.63) is 43.1 Å². The van der Waals surface area contributed by atoms with Gasteiger partial charge >= 0.3 is 0 Å². The molecule has 0 aliphatic rings. The molecule has 0 saturated carbocycles. The molecule has 130 valence electrons. The Morgan fingerprint density at radius 1 is 1.12 bits per heavy atom. The lowest BCUT2D eigenvalue weighted by Gasteiger charge is -2.08. The summed E-state index contributed by atoms with van der Waals surface area (Å²) in [5, 5.41) is 17.3. The summed E-state index contributed by atoms with van der Waals surface area (Å²) in [6.45, 7) is 2.19. The summed E-state index contributed by atoms with van der Waals surface area (Å²) in [5.41, 5.74) is 2.91. The molecule has 0 fully saturated rings. The van der Waals surface area contributed by atoms with E-state index in [1.54, 1.807) is 10.9 Å². The molecule has 26 heavy (non-hydrogen) atoms. The fourth-order valence-electron chi connectivity index (χ4n) is 3.00. The average Bonchev–Trinajstić information content (AvgIpc) is 3.28. The van der Waals surface area contributed by atoms with E-state index in [1.807, 2.05) is 24.5 Å². The van der Waals surface area contributed by atoms with Gasteiger partial charge in [-0.3, -0.25) is 0 Å². The van der Waals surface area contributed by atoms with Gasteiger partial charge in [0.2, 0.25) is 0 Å². The molecule has 0 spiro atoms. The molecular weight excluding hydrogens is 328 g/mol. The van der Waals surface area contributed by atoms with Gasteiger partial charge in [-0.25, -0.2) is 19.6 Å². The fourth-order valence-corrected chi connectivity index (χ4v) is 3.00. The summed E-state index contributed by atoms with van der Waals surface area (Å²) in [6.07, 6.45) is 6.50. The number of para-hydroxylation sites is 2. The van der Waals surface area contributed by atoms with Crippen molar-refractivity contribution in [3.63, 3.8) is 0 Å². The zero-order chi connectivity index (χ0) is 17.8. The van der Waals surface area contributed by atoms with Crippen LogP contribution in [0, 0.1) is 11.3 Å². The number of fused-ring (bicyclic) bond motifs is 2. The number of aryl methyl sites for hydroxylation is 2. The Bertz CT molecular complexity index is 1070. The van der Waals surface area contributed by atoms with Gasteiger partial charge < -0.3 is 9.88 Å². The molecule has 0 atom stereocenters. The van der Waals surface area contributed by atoms with Gasteiger partial charge in [0.05, 0.1) is 48.0 Å². The van der Waals surface area contributed by atoms with Gasteiger partial charge in [0.15, 0.2) is 5.65 Å². The maximum atomic E-state index is 8.74. The summed E-state index contributed by atoms with van der Waals surface area (Å²) in [5.74, 6) is 0.772. The molecule has 0 radical (unpaired) electrons. The number of hydrogen-bond donors (Lipinski definition) is 1. The fraction of sp³-hybridized carbons (Fsp3) is 0.278. The molecule has 8 heteroatoms. The molecule has 0 bridgehead atoms. The first kappa shape index (κ1) is 16.0. The monoisotopic (exact) mass is 346 g/mol. The Hall–Kier alpha value is -3.47. The van der Waals surface area contributed by atoms with Gasteiger partial charge in [0, 0.05) is 13.1 Å². The van der Waals surface area contributed by atoms with Crippen molar-refractivity contribution in [1.29, 1.82) is 5.26 Å². The highest BCUT2D eigenvalue weighted by Crippen LogP contribution is 2.19. The molecule has 1 N–H and O–H groups in total. The van der Waals surface area contributed by atoms with E-state index in [-0.39, 0.29) is 0 Å². The predicted octanol–water partition coefficient (Wildman–Crippen LogP) is 2.59. The van der Waals surface area contributed by atoms with Crippen LogP contribution in [0.15, 0.2) is 43.1 Å². The van der Waals surface area contributed by atoms with Gasteiger partial charge in [0.25, 0.3) is 0 Å². The third-order valence-electron chi connectivity index (χ3n) is 4.26. The molecule has 0 aliphatic heterocycles. The Morgan fingerprint density at radius 2 is 2.04 bits per heavy atom. The average molecular weight is 346 g/mol. The maximum Gasteiger partial charge on any atom is 0.163 e. The number of imidazole rings is 1. The van der Waals surface area contributed by atoms with E-state index in [0.29, 0.717) is 13.0 Å². The van der Waals surface area contributed by atoms with E-state index in [2.05, 4.69) is 42.1 Å². The van der Waals surface area contributed by atoms with Crippen LogP contribution in [0.3, 0.4) is 0 Å². The van der Waals surface area contributed by atoms with Crippen LogP contribution in [0.2, 0.25) is 0 Å². The molecule has 0 amide bonds. The van der Waals surface area contributed by atoms with Crippen LogP contribution in [0.1, 0.15) is 12.8 Å². The lowest BCUT2D eigenvalue weighted by atomic mass is 10.3. The lowest BCUT2D eigenvalue weighted by molar-refractivity contribution is 0.643. The van der Waals surface area contributed by atoms with E-state index in [1.165, 1.54) is 6.33 Å². The van der Waals surface area contributed by atoms with Crippen molar-refractivity contribution in [2.24, 2.45) is 0 Å². The number of rotatable bonds is 7. The van der Waals surface area contributed by atoms with Crippen molar-refractivity contribution in [2.45, 2.75) is 25.9 Å². The molecule has 0 unspecified atom stereocenters. The Morgan fingerprint density at radius 3 is 2.96 bits per heavy atom. The van der Waals surface area contributed by atoms with Crippen molar-refractivity contribution in [2.75, 3.05) is 11.9 Å². The quantitative estimate of drug-likeness (QED) is 0.517. The second-order valence-electron chi connectivity index (χ2n) is 5.94. The number of benzene rings is 1. The van der Waals surface area contributed by atoms with Crippen molar-refractivity contribution in [3.8, 4) is 6.07 Å². The number of hydrogen-bond acceptors (Lipinski definition) is 6. The molecule has 0 saturated heterocycles. The molecule has 3 heterocycles. The van der Waals surface area contributed by atoms with Crippen molar-refractivity contribution in [1.82, 2.24) is 29.3 Å². The maximum absolute atomic E-state index is 8.74. The van der Waals surface area contributed by atoms with Crippen LogP contribution in [-0.2, 0) is 13.1 Å². The highest BCUT2D eigenvalue weighted by atomic mass is 15.3. The lowest BCUT2D eigenvalue weighted by Crippen LogP contribution is -2.08. The molecule has 1 aromatic carbocycles. The topological polar surface area (TPSA) is 97.2 Å². The predicted molar refractivity (Wildman–Crippen MR) is 98.4 cm³/mol. The Labute approximate surface area is 150 Å². The van der Waals surface area contributed by atoms with Crippen LogP contribution in [0.25, 0.3) is 22.1 Å². The summed E-state index contributed by atoms with van der Waals surface area (Å²) >= 11 is 0. The highest BCUT2D eigenvalue weighted by molar-refractivity contribution is 5.86. The number of anilines is 1. The molecule has 0 aliphatic carbocycles. The Kier molecular flexibility index (Phi) is 4.43. The van der Waals surface area contributed by atoms with E-state index >= 15 is 0 Å². The second kappa shape index (κ2) is 7.19. The van der Waals surface area contributed by atoms with Crippen LogP contribution in [-0.4, -0.2) is 35.8 Å². The largest absolute Gasteiger partial charge is 0.369 e. The van der Waals surface area contributed by atoms with Crippen LogP contribution >= 0.6 is 0 Å². The summed E-state index contributed by atoms with van der Waals surface area (Å²) in [7, 11) is 0. The van der Waals surface area contributed by atoms with E-state index in [0.717, 1.165) is 47.4 Å². The van der Waals surface area contributed by atoms with Crippen LogP contribution < -0.4 is 5.32 Å². The van der Waals surface area contributed by atoms with Gasteiger partial charge in [-0.15, -0.1) is 0 Å². The molecule has 4 rings (SSSR count). The SMILES string of the molecule is N#CCCn1ncc2c(NCCCn3cnc4ccccc43)ncnc21. The minimum absolute atomic E-state index is 0.405. The number of nitrogens with one attached hydrogen (secondary N) is 1. The van der Waals surface area contributed by atoms with Crippen molar-refractivity contribution < 1.29 is 0 Å². The minimum Gasteiger partial charge on any atom is -0.369 e. The standard InChI is InChI=1S/C18H18N8/c19-7-3-10-26-18-14(11-24-26)17(21-12-22-18)20-8-4-9-25-13-23-15-5-1-2-6-16(15)25/h1-2,5-6,11-13H,3-4,8-10H2,(H,20,21,22). The van der Waals surface area contributed by atoms with Gasteiger partial charge in [-0.05, 0) is 18.6 Å². The normalized spacial score (nSPS) is 11.0. The first-order chi connectivity index (χ1) is 12.9. The van der Waals surface area contributed by atoms with Gasteiger partial charge in [-0.2, -0.15) is 10.4 Å². The van der Waals surface area contributed by atoms with Crippen LogP contribution in [0.4, 0.5) is 5.82 Å². The third kappa shape index (κ3) is 3.07. The molecule has 4 aromatic rings. The van der Waals surface area contributed by atoms with E-state index in [9.17, 15) is 0 Å². The molecular formula is C18H18N8. The highest BCUT2D eigenvalue weighted by Gasteiger charge is 2.09.